The van der Waals surface area contributed by atoms with E-state index in [9.17, 15) is 0 Å². The van der Waals surface area contributed by atoms with Gasteiger partial charge in [0.25, 0.3) is 0 Å². The summed E-state index contributed by atoms with van der Waals surface area (Å²) in [5, 5.41) is 11.3. The van der Waals surface area contributed by atoms with Crippen LogP contribution >= 0.6 is 0 Å². The van der Waals surface area contributed by atoms with Gasteiger partial charge in [-0.15, -0.1) is 5.10 Å². The van der Waals surface area contributed by atoms with E-state index < -0.39 is 0 Å². The van der Waals surface area contributed by atoms with Gasteiger partial charge in [0.15, 0.2) is 0 Å². The molecule has 0 radical (unpaired) electrons. The lowest BCUT2D eigenvalue weighted by Gasteiger charge is -2.22. The zero-order valence-electron chi connectivity index (χ0n) is 9.07. The van der Waals surface area contributed by atoms with Gasteiger partial charge in [-0.3, -0.25) is 0 Å². The molecule has 4 heteroatoms. The Bertz CT molecular complexity index is 310. The maximum absolute atomic E-state index is 5.32. The summed E-state index contributed by atoms with van der Waals surface area (Å²) in [5.41, 5.74) is 1.14. The largest absolute Gasteiger partial charge is 0.381 e. The average molecular weight is 207 g/mol. The summed E-state index contributed by atoms with van der Waals surface area (Å²) in [6, 6.07) is 2.02. The van der Waals surface area contributed by atoms with Crippen LogP contribution in [-0.4, -0.2) is 30.0 Å². The summed E-state index contributed by atoms with van der Waals surface area (Å²) in [5.74, 6) is 1.59. The predicted molar refractivity (Wildman–Crippen MR) is 58.8 cm³/mol. The second-order valence-electron chi connectivity index (χ2n) is 4.05. The van der Waals surface area contributed by atoms with Crippen LogP contribution < -0.4 is 5.32 Å². The SMILES string of the molecule is Cc1cnnc(NCC2CCOCC2)c1. The second-order valence-corrected chi connectivity index (χ2v) is 4.05. The van der Waals surface area contributed by atoms with E-state index in [4.69, 9.17) is 4.74 Å². The van der Waals surface area contributed by atoms with E-state index in [1.54, 1.807) is 6.20 Å². The molecule has 0 amide bonds. The van der Waals surface area contributed by atoms with E-state index in [2.05, 4.69) is 15.5 Å². The standard InChI is InChI=1S/C11H17N3O/c1-9-6-11(14-13-7-9)12-8-10-2-4-15-5-3-10/h6-7,10H,2-5,8H2,1H3,(H,12,14). The minimum Gasteiger partial charge on any atom is -0.381 e. The monoisotopic (exact) mass is 207 g/mol. The van der Waals surface area contributed by atoms with Crippen LogP contribution in [0.5, 0.6) is 0 Å². The van der Waals surface area contributed by atoms with Crippen molar-refractivity contribution >= 4 is 5.82 Å². The van der Waals surface area contributed by atoms with Crippen molar-refractivity contribution in [3.63, 3.8) is 0 Å². The van der Waals surface area contributed by atoms with Gasteiger partial charge >= 0.3 is 0 Å². The molecule has 1 aromatic rings. The lowest BCUT2D eigenvalue weighted by molar-refractivity contribution is 0.0699. The quantitative estimate of drug-likeness (QED) is 0.818. The topological polar surface area (TPSA) is 47.0 Å². The predicted octanol–water partition coefficient (Wildman–Crippen LogP) is 1.62. The van der Waals surface area contributed by atoms with Gasteiger partial charge in [-0.05, 0) is 37.3 Å². The Morgan fingerprint density at radius 3 is 3.00 bits per heavy atom. The van der Waals surface area contributed by atoms with Crippen molar-refractivity contribution in [2.45, 2.75) is 19.8 Å². The maximum Gasteiger partial charge on any atom is 0.148 e. The highest BCUT2D eigenvalue weighted by Crippen LogP contribution is 2.15. The van der Waals surface area contributed by atoms with Crippen molar-refractivity contribution in [2.24, 2.45) is 5.92 Å². The molecule has 0 bridgehead atoms. The summed E-state index contributed by atoms with van der Waals surface area (Å²) in [6.07, 6.45) is 4.05. The molecule has 82 valence electrons. The molecule has 1 saturated heterocycles. The summed E-state index contributed by atoms with van der Waals surface area (Å²) in [7, 11) is 0. The van der Waals surface area contributed by atoms with Gasteiger partial charge in [-0.1, -0.05) is 0 Å². The third kappa shape index (κ3) is 3.16. The fraction of sp³-hybridized carbons (Fsp3) is 0.636. The molecule has 1 aliphatic rings. The maximum atomic E-state index is 5.32. The van der Waals surface area contributed by atoms with Crippen LogP contribution in [0.25, 0.3) is 0 Å². The molecule has 1 fully saturated rings. The Hall–Kier alpha value is -1.16. The lowest BCUT2D eigenvalue weighted by atomic mass is 10.0. The molecule has 1 N–H and O–H groups in total. The van der Waals surface area contributed by atoms with Crippen molar-refractivity contribution < 1.29 is 4.74 Å². The molecule has 1 aromatic heterocycles. The second kappa shape index (κ2) is 5.07. The van der Waals surface area contributed by atoms with Crippen molar-refractivity contribution in [3.8, 4) is 0 Å². The minimum absolute atomic E-state index is 0.709. The number of rotatable bonds is 3. The number of hydrogen-bond acceptors (Lipinski definition) is 4. The van der Waals surface area contributed by atoms with E-state index >= 15 is 0 Å². The van der Waals surface area contributed by atoms with Gasteiger partial charge in [0.1, 0.15) is 5.82 Å². The molecular weight excluding hydrogens is 190 g/mol. The first-order chi connectivity index (χ1) is 7.34. The van der Waals surface area contributed by atoms with Crippen LogP contribution in [0.4, 0.5) is 5.82 Å². The summed E-state index contributed by atoms with van der Waals surface area (Å²) in [4.78, 5) is 0. The third-order valence-electron chi connectivity index (χ3n) is 2.70. The number of hydrogen-bond donors (Lipinski definition) is 1. The number of nitrogens with one attached hydrogen (secondary N) is 1. The van der Waals surface area contributed by atoms with Crippen LogP contribution in [0.15, 0.2) is 12.3 Å². The third-order valence-corrected chi connectivity index (χ3v) is 2.70. The van der Waals surface area contributed by atoms with Crippen LogP contribution in [-0.2, 0) is 4.74 Å². The van der Waals surface area contributed by atoms with E-state index in [0.29, 0.717) is 5.92 Å². The zero-order chi connectivity index (χ0) is 10.5. The number of nitrogens with zero attached hydrogens (tertiary/aromatic N) is 2. The lowest BCUT2D eigenvalue weighted by Crippen LogP contribution is -2.23. The highest BCUT2D eigenvalue weighted by atomic mass is 16.5. The van der Waals surface area contributed by atoms with Crippen molar-refractivity contribution in [1.29, 1.82) is 0 Å². The fourth-order valence-electron chi connectivity index (χ4n) is 1.75. The summed E-state index contributed by atoms with van der Waals surface area (Å²) in [6.45, 7) is 4.79. The van der Waals surface area contributed by atoms with E-state index in [-0.39, 0.29) is 0 Å². The molecule has 2 rings (SSSR count). The molecule has 0 saturated carbocycles. The Labute approximate surface area is 90.1 Å². The van der Waals surface area contributed by atoms with Crippen LogP contribution in [0.1, 0.15) is 18.4 Å². The Kier molecular flexibility index (Phi) is 3.50. The normalized spacial score (nSPS) is 17.7. The molecular formula is C11H17N3O. The van der Waals surface area contributed by atoms with Crippen LogP contribution in [0.2, 0.25) is 0 Å². The molecule has 0 unspecified atom stereocenters. The molecule has 0 aromatic carbocycles. The highest BCUT2D eigenvalue weighted by molar-refractivity contribution is 5.34. The molecule has 1 aliphatic heterocycles. The van der Waals surface area contributed by atoms with Gasteiger partial charge in [0.2, 0.25) is 0 Å². The summed E-state index contributed by atoms with van der Waals surface area (Å²) < 4.78 is 5.32. The molecule has 2 heterocycles. The first-order valence-electron chi connectivity index (χ1n) is 5.45. The van der Waals surface area contributed by atoms with Crippen LogP contribution in [0.3, 0.4) is 0 Å². The molecule has 0 atom stereocenters. The van der Waals surface area contributed by atoms with Crippen molar-refractivity contribution in [1.82, 2.24) is 10.2 Å². The number of ether oxygens (including phenoxy) is 1. The summed E-state index contributed by atoms with van der Waals surface area (Å²) >= 11 is 0. The van der Waals surface area contributed by atoms with Gasteiger partial charge in [0, 0.05) is 19.8 Å². The van der Waals surface area contributed by atoms with E-state index in [1.165, 1.54) is 0 Å². The number of aromatic nitrogens is 2. The Morgan fingerprint density at radius 2 is 2.27 bits per heavy atom. The fourth-order valence-corrected chi connectivity index (χ4v) is 1.75. The first-order valence-corrected chi connectivity index (χ1v) is 5.45. The van der Waals surface area contributed by atoms with Gasteiger partial charge < -0.3 is 10.1 Å². The number of aryl methyl sites for hydroxylation is 1. The molecule has 0 spiro atoms. The van der Waals surface area contributed by atoms with E-state index in [0.717, 1.165) is 44.0 Å². The Balaban J connectivity index is 1.81. The van der Waals surface area contributed by atoms with Crippen LogP contribution in [0, 0.1) is 12.8 Å². The molecule has 4 nitrogen and oxygen atoms in total. The van der Waals surface area contributed by atoms with Gasteiger partial charge in [-0.2, -0.15) is 5.10 Å². The van der Waals surface area contributed by atoms with Crippen molar-refractivity contribution in [2.75, 3.05) is 25.1 Å². The minimum atomic E-state index is 0.709. The van der Waals surface area contributed by atoms with Crippen molar-refractivity contribution in [3.05, 3.63) is 17.8 Å². The first kappa shape index (κ1) is 10.4. The average Bonchev–Trinajstić information content (AvgIpc) is 2.28. The highest BCUT2D eigenvalue weighted by Gasteiger charge is 2.13. The van der Waals surface area contributed by atoms with Gasteiger partial charge in [-0.25, -0.2) is 0 Å². The van der Waals surface area contributed by atoms with E-state index in [1.807, 2.05) is 13.0 Å². The number of anilines is 1. The molecule has 0 aliphatic carbocycles. The smallest absolute Gasteiger partial charge is 0.148 e. The zero-order valence-corrected chi connectivity index (χ0v) is 9.07. The Morgan fingerprint density at radius 1 is 1.47 bits per heavy atom. The molecule has 15 heavy (non-hydrogen) atoms. The van der Waals surface area contributed by atoms with Gasteiger partial charge in [0.05, 0.1) is 6.20 Å².